The summed E-state index contributed by atoms with van der Waals surface area (Å²) in [5.41, 5.74) is 0.400. The fourth-order valence-corrected chi connectivity index (χ4v) is 2.72. The molecule has 1 fully saturated rings. The van der Waals surface area contributed by atoms with E-state index < -0.39 is 5.60 Å². The maximum absolute atomic E-state index is 13.5. The van der Waals surface area contributed by atoms with Crippen molar-refractivity contribution in [2.45, 2.75) is 36.4 Å². The van der Waals surface area contributed by atoms with E-state index in [9.17, 15) is 4.39 Å². The van der Waals surface area contributed by atoms with Crippen LogP contribution in [0.15, 0.2) is 23.1 Å². The molecule has 0 bridgehead atoms. The molecule has 94 valence electrons. The Labute approximate surface area is 107 Å². The van der Waals surface area contributed by atoms with Crippen LogP contribution >= 0.6 is 12.6 Å². The zero-order chi connectivity index (χ0) is 12.5. The minimum absolute atomic E-state index is 0.121. The van der Waals surface area contributed by atoms with Crippen molar-refractivity contribution >= 4 is 12.6 Å². The quantitative estimate of drug-likeness (QED) is 0.819. The summed E-state index contributed by atoms with van der Waals surface area (Å²) in [6.07, 6.45) is 1.60. The molecule has 1 saturated heterocycles. The van der Waals surface area contributed by atoms with Gasteiger partial charge in [0.1, 0.15) is 5.82 Å². The largest absolute Gasteiger partial charge is 0.378 e. The summed E-state index contributed by atoms with van der Waals surface area (Å²) in [4.78, 5) is 0.621. The number of halogens is 1. The van der Waals surface area contributed by atoms with Gasteiger partial charge in [-0.05, 0) is 30.7 Å². The van der Waals surface area contributed by atoms with Crippen LogP contribution in [0.2, 0.25) is 0 Å². The van der Waals surface area contributed by atoms with E-state index in [2.05, 4.69) is 12.6 Å². The first kappa shape index (κ1) is 12.9. The maximum Gasteiger partial charge on any atom is 0.124 e. The molecule has 0 radical (unpaired) electrons. The molecule has 0 saturated carbocycles. The normalized spacial score (nSPS) is 29.3. The van der Waals surface area contributed by atoms with Gasteiger partial charge in [0.25, 0.3) is 0 Å². The van der Waals surface area contributed by atoms with Crippen LogP contribution < -0.4 is 0 Å². The van der Waals surface area contributed by atoms with Crippen molar-refractivity contribution in [3.05, 3.63) is 29.6 Å². The summed E-state index contributed by atoms with van der Waals surface area (Å²) in [7, 11) is 1.67. The number of hydrogen-bond donors (Lipinski definition) is 1. The lowest BCUT2D eigenvalue weighted by molar-refractivity contribution is -0.122. The van der Waals surface area contributed by atoms with Gasteiger partial charge in [-0.15, -0.1) is 12.6 Å². The molecule has 1 aromatic rings. The van der Waals surface area contributed by atoms with E-state index in [0.29, 0.717) is 11.5 Å². The fraction of sp³-hybridized carbons (Fsp3) is 0.538. The molecule has 0 amide bonds. The van der Waals surface area contributed by atoms with E-state index in [1.807, 2.05) is 13.0 Å². The van der Waals surface area contributed by atoms with Crippen LogP contribution in [0.25, 0.3) is 0 Å². The molecule has 1 aliphatic rings. The number of benzene rings is 1. The van der Waals surface area contributed by atoms with Gasteiger partial charge in [-0.25, -0.2) is 4.39 Å². The van der Waals surface area contributed by atoms with E-state index in [0.717, 1.165) is 18.4 Å². The van der Waals surface area contributed by atoms with E-state index >= 15 is 0 Å². The second-order valence-corrected chi connectivity index (χ2v) is 5.05. The van der Waals surface area contributed by atoms with Crippen LogP contribution in [0, 0.1) is 5.82 Å². The van der Waals surface area contributed by atoms with Crippen molar-refractivity contribution in [2.24, 2.45) is 0 Å². The lowest BCUT2D eigenvalue weighted by Gasteiger charge is -2.39. The Morgan fingerprint density at radius 2 is 2.24 bits per heavy atom. The summed E-state index contributed by atoms with van der Waals surface area (Å²) in [6.45, 7) is 2.64. The SMILES string of the molecule is COC1(c2cc(F)cc(S)c2)CCOC(C)C1. The highest BCUT2D eigenvalue weighted by molar-refractivity contribution is 7.80. The minimum Gasteiger partial charge on any atom is -0.378 e. The van der Waals surface area contributed by atoms with Gasteiger partial charge in [-0.1, -0.05) is 0 Å². The molecule has 4 heteroatoms. The molecule has 2 atom stereocenters. The molecule has 2 rings (SSSR count). The van der Waals surface area contributed by atoms with Crippen molar-refractivity contribution in [3.63, 3.8) is 0 Å². The third-order valence-electron chi connectivity index (χ3n) is 3.32. The third-order valence-corrected chi connectivity index (χ3v) is 3.58. The molecule has 1 aromatic carbocycles. The molecule has 2 nitrogen and oxygen atoms in total. The average Bonchev–Trinajstić information content (AvgIpc) is 2.27. The van der Waals surface area contributed by atoms with Gasteiger partial charge in [-0.3, -0.25) is 0 Å². The molecule has 1 aliphatic heterocycles. The number of hydrogen-bond acceptors (Lipinski definition) is 3. The smallest absolute Gasteiger partial charge is 0.124 e. The highest BCUT2D eigenvalue weighted by atomic mass is 32.1. The minimum atomic E-state index is -0.447. The molecule has 1 heterocycles. The number of methoxy groups -OCH3 is 1. The van der Waals surface area contributed by atoms with Gasteiger partial charge in [-0.2, -0.15) is 0 Å². The first-order valence-corrected chi connectivity index (χ1v) is 6.17. The highest BCUT2D eigenvalue weighted by Crippen LogP contribution is 2.38. The lowest BCUT2D eigenvalue weighted by atomic mass is 9.83. The molecular weight excluding hydrogens is 239 g/mol. The summed E-state index contributed by atoms with van der Waals surface area (Å²) in [5, 5.41) is 0. The number of ether oxygens (including phenoxy) is 2. The Balaban J connectivity index is 2.39. The molecule has 0 N–H and O–H groups in total. The van der Waals surface area contributed by atoms with Crippen LogP contribution in [0.5, 0.6) is 0 Å². The Bertz CT molecular complexity index is 390. The van der Waals surface area contributed by atoms with Crippen LogP contribution in [-0.2, 0) is 15.1 Å². The van der Waals surface area contributed by atoms with Crippen LogP contribution in [0.1, 0.15) is 25.3 Å². The van der Waals surface area contributed by atoms with Crippen molar-refractivity contribution in [3.8, 4) is 0 Å². The standard InChI is InChI=1S/C13H17FO2S/c1-9-8-13(15-2,3-4-16-9)10-5-11(14)7-12(17)6-10/h5-7,9,17H,3-4,8H2,1-2H3. The van der Waals surface area contributed by atoms with Crippen LogP contribution in [-0.4, -0.2) is 19.8 Å². The van der Waals surface area contributed by atoms with Gasteiger partial charge < -0.3 is 9.47 Å². The topological polar surface area (TPSA) is 18.5 Å². The molecule has 0 aromatic heterocycles. The Kier molecular flexibility index (Phi) is 3.76. The first-order valence-electron chi connectivity index (χ1n) is 5.72. The van der Waals surface area contributed by atoms with Crippen molar-refractivity contribution in [2.75, 3.05) is 13.7 Å². The second kappa shape index (κ2) is 4.96. The predicted molar refractivity (Wildman–Crippen MR) is 67.0 cm³/mol. The summed E-state index contributed by atoms with van der Waals surface area (Å²) >= 11 is 4.22. The van der Waals surface area contributed by atoms with Gasteiger partial charge in [0.2, 0.25) is 0 Å². The Morgan fingerprint density at radius 3 is 2.82 bits per heavy atom. The molecular formula is C13H17FO2S. The van der Waals surface area contributed by atoms with Gasteiger partial charge in [0, 0.05) is 24.8 Å². The monoisotopic (exact) mass is 256 g/mol. The summed E-state index contributed by atoms with van der Waals surface area (Å²) < 4.78 is 24.6. The van der Waals surface area contributed by atoms with Crippen molar-refractivity contribution in [1.29, 1.82) is 0 Å². The zero-order valence-electron chi connectivity index (χ0n) is 10.1. The van der Waals surface area contributed by atoms with Crippen LogP contribution in [0.4, 0.5) is 4.39 Å². The molecule has 2 unspecified atom stereocenters. The second-order valence-electron chi connectivity index (χ2n) is 4.53. The first-order chi connectivity index (χ1) is 8.05. The lowest BCUT2D eigenvalue weighted by Crippen LogP contribution is -2.39. The fourth-order valence-electron chi connectivity index (χ4n) is 2.45. The third kappa shape index (κ3) is 2.64. The van der Waals surface area contributed by atoms with Crippen molar-refractivity contribution in [1.82, 2.24) is 0 Å². The summed E-state index contributed by atoms with van der Waals surface area (Å²) in [5.74, 6) is -0.275. The van der Waals surface area contributed by atoms with E-state index in [1.54, 1.807) is 7.11 Å². The Hall–Kier alpha value is -0.580. The van der Waals surface area contributed by atoms with E-state index in [1.165, 1.54) is 12.1 Å². The average molecular weight is 256 g/mol. The number of rotatable bonds is 2. The van der Waals surface area contributed by atoms with Gasteiger partial charge in [0.15, 0.2) is 0 Å². The maximum atomic E-state index is 13.5. The summed E-state index contributed by atoms with van der Waals surface area (Å²) in [6, 6.07) is 4.80. The molecule has 0 spiro atoms. The van der Waals surface area contributed by atoms with E-state index in [4.69, 9.17) is 9.47 Å². The van der Waals surface area contributed by atoms with Crippen molar-refractivity contribution < 1.29 is 13.9 Å². The zero-order valence-corrected chi connectivity index (χ0v) is 11.0. The predicted octanol–water partition coefficient (Wildman–Crippen LogP) is 3.16. The van der Waals surface area contributed by atoms with Crippen LogP contribution in [0.3, 0.4) is 0 Å². The molecule has 0 aliphatic carbocycles. The van der Waals surface area contributed by atoms with E-state index in [-0.39, 0.29) is 11.9 Å². The van der Waals surface area contributed by atoms with Gasteiger partial charge in [0.05, 0.1) is 18.3 Å². The van der Waals surface area contributed by atoms with Gasteiger partial charge >= 0.3 is 0 Å². The molecule has 17 heavy (non-hydrogen) atoms. The Morgan fingerprint density at radius 1 is 1.47 bits per heavy atom. The number of thiol groups is 1. The highest BCUT2D eigenvalue weighted by Gasteiger charge is 2.37.